The molecule has 0 fully saturated rings. The average Bonchev–Trinajstić information content (AvgIpc) is 2.86. The van der Waals surface area contributed by atoms with E-state index in [4.69, 9.17) is 9.47 Å². The minimum Gasteiger partial charge on any atom is -0.467 e. The molecule has 0 spiro atoms. The molecule has 10 heteroatoms. The third-order valence-corrected chi connectivity index (χ3v) is 7.31. The third-order valence-electron chi connectivity index (χ3n) is 5.10. The molecule has 34 heavy (non-hydrogen) atoms. The second kappa shape index (κ2) is 12.5. The minimum atomic E-state index is -0.846. The summed E-state index contributed by atoms with van der Waals surface area (Å²) in [7, 11) is 2.54. The van der Waals surface area contributed by atoms with Crippen LogP contribution in [0.15, 0.2) is 48.5 Å². The van der Waals surface area contributed by atoms with Crippen molar-refractivity contribution in [3.8, 4) is 0 Å². The fourth-order valence-electron chi connectivity index (χ4n) is 3.23. The number of carbonyl (C=O) groups is 4. The Morgan fingerprint density at radius 1 is 0.765 bits per heavy atom. The van der Waals surface area contributed by atoms with Crippen LogP contribution in [0.2, 0.25) is 0 Å². The maximum absolute atomic E-state index is 12.8. The number of benzene rings is 2. The van der Waals surface area contributed by atoms with E-state index in [0.717, 1.165) is 11.1 Å². The van der Waals surface area contributed by atoms with Crippen LogP contribution in [-0.2, 0) is 30.6 Å². The van der Waals surface area contributed by atoms with Crippen molar-refractivity contribution >= 4 is 47.3 Å². The number of ether oxygens (including phenoxy) is 2. The lowest BCUT2D eigenvalue weighted by molar-refractivity contribution is -0.143. The lowest BCUT2D eigenvalue weighted by Crippen LogP contribution is -2.44. The van der Waals surface area contributed by atoms with Crippen molar-refractivity contribution in [2.24, 2.45) is 0 Å². The Labute approximate surface area is 206 Å². The normalized spacial score (nSPS) is 19.6. The van der Waals surface area contributed by atoms with Gasteiger partial charge in [-0.1, -0.05) is 30.3 Å². The molecular weight excluding hydrogens is 476 g/mol. The molecule has 0 aromatic heterocycles. The summed E-state index contributed by atoms with van der Waals surface area (Å²) in [5, 5.41) is 5.38. The van der Waals surface area contributed by atoms with Gasteiger partial charge in [-0.25, -0.2) is 9.59 Å². The van der Waals surface area contributed by atoms with E-state index in [1.54, 1.807) is 18.2 Å². The molecule has 8 nitrogen and oxygen atoms in total. The predicted molar refractivity (Wildman–Crippen MR) is 132 cm³/mol. The van der Waals surface area contributed by atoms with E-state index in [1.807, 2.05) is 24.3 Å². The van der Waals surface area contributed by atoms with Crippen molar-refractivity contribution < 1.29 is 28.7 Å². The van der Waals surface area contributed by atoms with Crippen LogP contribution in [0.3, 0.4) is 0 Å². The molecule has 0 radical (unpaired) electrons. The molecule has 2 aromatic rings. The molecule has 2 heterocycles. The number of nitrogens with one attached hydrogen (secondary N) is 2. The van der Waals surface area contributed by atoms with Gasteiger partial charge < -0.3 is 20.1 Å². The fourth-order valence-corrected chi connectivity index (χ4v) is 5.23. The van der Waals surface area contributed by atoms with Crippen LogP contribution in [0.5, 0.6) is 0 Å². The summed E-state index contributed by atoms with van der Waals surface area (Å²) in [6.07, 6.45) is 0. The number of hydrogen-bond donors (Lipinski definition) is 2. The number of esters is 2. The number of methoxy groups -OCH3 is 2. The Hall–Kier alpha value is -2.98. The molecule has 2 N–H and O–H groups in total. The molecule has 0 saturated carbocycles. The molecule has 4 rings (SSSR count). The van der Waals surface area contributed by atoms with E-state index in [2.05, 4.69) is 10.6 Å². The molecule has 0 aliphatic carbocycles. The fraction of sp³-hybridized carbons (Fsp3) is 0.333. The van der Waals surface area contributed by atoms with E-state index in [0.29, 0.717) is 23.0 Å². The third kappa shape index (κ3) is 7.01. The zero-order valence-electron chi connectivity index (χ0n) is 18.9. The van der Waals surface area contributed by atoms with Gasteiger partial charge in [-0.2, -0.15) is 23.5 Å². The number of rotatable bonds is 2. The maximum atomic E-state index is 12.8. The molecule has 0 unspecified atom stereocenters. The summed E-state index contributed by atoms with van der Waals surface area (Å²) in [6.45, 7) is 0. The first-order valence-electron chi connectivity index (χ1n) is 10.5. The second-order valence-electron chi connectivity index (χ2n) is 7.53. The zero-order chi connectivity index (χ0) is 24.5. The Morgan fingerprint density at radius 3 is 1.56 bits per heavy atom. The van der Waals surface area contributed by atoms with Gasteiger partial charge in [-0.05, 0) is 29.3 Å². The molecule has 2 aromatic carbocycles. The van der Waals surface area contributed by atoms with Crippen LogP contribution in [0.25, 0.3) is 0 Å². The molecule has 4 bridgehead atoms. The van der Waals surface area contributed by atoms with Crippen LogP contribution in [0.1, 0.15) is 31.8 Å². The summed E-state index contributed by atoms with van der Waals surface area (Å²) in [4.78, 5) is 50.1. The molecule has 2 aliphatic rings. The van der Waals surface area contributed by atoms with Gasteiger partial charge in [0.05, 0.1) is 14.2 Å². The van der Waals surface area contributed by atoms with Crippen LogP contribution in [0, 0.1) is 0 Å². The number of thioether (sulfide) groups is 2. The van der Waals surface area contributed by atoms with E-state index < -0.39 is 35.8 Å². The highest BCUT2D eigenvalue weighted by atomic mass is 32.2. The number of carbonyl (C=O) groups excluding carboxylic acids is 4. The highest BCUT2D eigenvalue weighted by molar-refractivity contribution is 7.98. The lowest BCUT2D eigenvalue weighted by atomic mass is 10.1. The van der Waals surface area contributed by atoms with E-state index >= 15 is 0 Å². The topological polar surface area (TPSA) is 111 Å². The van der Waals surface area contributed by atoms with Crippen LogP contribution in [0.4, 0.5) is 0 Å². The average molecular weight is 503 g/mol. The smallest absolute Gasteiger partial charge is 0.329 e. The first-order chi connectivity index (χ1) is 16.4. The van der Waals surface area contributed by atoms with E-state index in [-0.39, 0.29) is 11.1 Å². The monoisotopic (exact) mass is 502 g/mol. The Morgan fingerprint density at radius 2 is 1.18 bits per heavy atom. The molecule has 180 valence electrons. The van der Waals surface area contributed by atoms with Crippen molar-refractivity contribution in [2.45, 2.75) is 23.6 Å². The molecule has 2 atom stereocenters. The standard InChI is InChI=1S/C24H26N2O6S2/c1-31-23(29)19-13-33-11-15-6-8-16(9-7-15)12-34-14-20(24(30)32-2)26-22(28)18-5-3-4-17(10-18)21(27)25-19/h3-10,19-20H,11-14H2,1-2H3,(H,25,27)(H,26,28)/t19-,20-/m0/s1. The molecular formula is C24H26N2O6S2. The Balaban J connectivity index is 1.89. The van der Waals surface area contributed by atoms with Crippen molar-refractivity contribution in [2.75, 3.05) is 25.7 Å². The van der Waals surface area contributed by atoms with Gasteiger partial charge in [-0.15, -0.1) is 0 Å². The van der Waals surface area contributed by atoms with Crippen molar-refractivity contribution in [1.82, 2.24) is 10.6 Å². The second-order valence-corrected chi connectivity index (χ2v) is 9.59. The highest BCUT2D eigenvalue weighted by Gasteiger charge is 2.25. The zero-order valence-corrected chi connectivity index (χ0v) is 20.5. The molecule has 2 amide bonds. The predicted octanol–water partition coefficient (Wildman–Crippen LogP) is 2.41. The number of hydrogen-bond acceptors (Lipinski definition) is 8. The van der Waals surface area contributed by atoms with E-state index in [1.165, 1.54) is 43.8 Å². The number of amides is 2. The SMILES string of the molecule is COC(=O)[C@@H]1CSCc2ccc(cc2)CSC[C@@H](C(=O)OC)NC(=O)c2cccc(c2)C(=O)N1. The van der Waals surface area contributed by atoms with Gasteiger partial charge in [0.2, 0.25) is 0 Å². The van der Waals surface area contributed by atoms with Gasteiger partial charge in [-0.3, -0.25) is 9.59 Å². The Bertz CT molecular complexity index is 966. The van der Waals surface area contributed by atoms with Gasteiger partial charge in [0.25, 0.3) is 11.8 Å². The largest absolute Gasteiger partial charge is 0.467 e. The maximum Gasteiger partial charge on any atom is 0.329 e. The molecule has 2 aliphatic heterocycles. The highest BCUT2D eigenvalue weighted by Crippen LogP contribution is 2.19. The summed E-state index contributed by atoms with van der Waals surface area (Å²) >= 11 is 3.01. The quantitative estimate of drug-likeness (QED) is 0.603. The van der Waals surface area contributed by atoms with Gasteiger partial charge in [0.1, 0.15) is 12.1 Å². The van der Waals surface area contributed by atoms with Gasteiger partial charge >= 0.3 is 11.9 Å². The first kappa shape index (κ1) is 25.6. The van der Waals surface area contributed by atoms with Gasteiger partial charge in [0, 0.05) is 34.1 Å². The first-order valence-corrected chi connectivity index (χ1v) is 12.8. The van der Waals surface area contributed by atoms with Crippen molar-refractivity contribution in [1.29, 1.82) is 0 Å². The summed E-state index contributed by atoms with van der Waals surface area (Å²) in [6, 6.07) is 12.4. The number of fused-ring (bicyclic) bond motifs is 12. The summed E-state index contributed by atoms with van der Waals surface area (Å²) in [5.74, 6) is -0.123. The van der Waals surface area contributed by atoms with Crippen molar-refractivity contribution in [3.05, 3.63) is 70.8 Å². The van der Waals surface area contributed by atoms with Gasteiger partial charge in [0.15, 0.2) is 0 Å². The van der Waals surface area contributed by atoms with Crippen LogP contribution >= 0.6 is 23.5 Å². The Kier molecular flexibility index (Phi) is 9.41. The van der Waals surface area contributed by atoms with Crippen LogP contribution < -0.4 is 10.6 Å². The summed E-state index contributed by atoms with van der Waals surface area (Å²) in [5.41, 5.74) is 2.59. The van der Waals surface area contributed by atoms with E-state index in [9.17, 15) is 19.2 Å². The minimum absolute atomic E-state index is 0.212. The molecule has 0 saturated heterocycles. The van der Waals surface area contributed by atoms with Crippen LogP contribution in [-0.4, -0.2) is 61.6 Å². The van der Waals surface area contributed by atoms with Crippen molar-refractivity contribution in [3.63, 3.8) is 0 Å². The summed E-state index contributed by atoms with van der Waals surface area (Å²) < 4.78 is 9.70. The lowest BCUT2D eigenvalue weighted by Gasteiger charge is -2.17.